The Balaban J connectivity index is 2.00. The van der Waals surface area contributed by atoms with Gasteiger partial charge in [0.1, 0.15) is 6.54 Å². The fraction of sp³-hybridized carbons (Fsp3) is 0.375. The van der Waals surface area contributed by atoms with Crippen LogP contribution in [0.5, 0.6) is 0 Å². The van der Waals surface area contributed by atoms with E-state index in [1.807, 2.05) is 37.3 Å². The summed E-state index contributed by atoms with van der Waals surface area (Å²) in [7, 11) is 1.76. The second kappa shape index (κ2) is 7.53. The summed E-state index contributed by atoms with van der Waals surface area (Å²) >= 11 is 0. The van der Waals surface area contributed by atoms with Gasteiger partial charge >= 0.3 is 5.97 Å². The Labute approximate surface area is 134 Å². The van der Waals surface area contributed by atoms with Crippen molar-refractivity contribution in [2.24, 2.45) is 0 Å². The van der Waals surface area contributed by atoms with Crippen LogP contribution < -0.4 is 0 Å². The summed E-state index contributed by atoms with van der Waals surface area (Å²) in [6.07, 6.45) is 2.86. The first-order chi connectivity index (χ1) is 11.0. The molecule has 1 heterocycles. The first-order valence-corrected chi connectivity index (χ1v) is 7.44. The first kappa shape index (κ1) is 16.7. The zero-order valence-electron chi connectivity index (χ0n) is 13.2. The largest absolute Gasteiger partial charge is 0.476 e. The summed E-state index contributed by atoms with van der Waals surface area (Å²) in [5.74, 6) is -1.29. The Morgan fingerprint density at radius 2 is 2.00 bits per heavy atom. The van der Waals surface area contributed by atoms with Crippen molar-refractivity contribution in [1.82, 2.24) is 19.9 Å². The number of rotatable bonds is 7. The van der Waals surface area contributed by atoms with Gasteiger partial charge in [-0.3, -0.25) is 4.79 Å². The summed E-state index contributed by atoms with van der Waals surface area (Å²) in [6.45, 7) is 2.01. The Kier molecular flexibility index (Phi) is 5.46. The zero-order chi connectivity index (χ0) is 16.8. The van der Waals surface area contributed by atoms with Gasteiger partial charge < -0.3 is 10.0 Å². The molecule has 23 heavy (non-hydrogen) atoms. The van der Waals surface area contributed by atoms with E-state index in [1.54, 1.807) is 11.9 Å². The Hall–Kier alpha value is -2.70. The van der Waals surface area contributed by atoms with Crippen molar-refractivity contribution in [1.29, 1.82) is 0 Å². The number of carbonyl (C=O) groups excluding carboxylic acids is 1. The molecular weight excluding hydrogens is 296 g/mol. The average Bonchev–Trinajstić information content (AvgIpc) is 3.01. The van der Waals surface area contributed by atoms with E-state index in [2.05, 4.69) is 10.3 Å². The monoisotopic (exact) mass is 316 g/mol. The molecule has 1 atom stereocenters. The molecule has 0 saturated heterocycles. The number of nitrogens with zero attached hydrogens (tertiary/aromatic N) is 4. The molecule has 0 spiro atoms. The molecule has 2 aromatic rings. The number of amides is 1. The van der Waals surface area contributed by atoms with Gasteiger partial charge in [0.05, 0.1) is 6.20 Å². The molecule has 0 saturated carbocycles. The normalized spacial score (nSPS) is 11.9. The molecule has 122 valence electrons. The van der Waals surface area contributed by atoms with Gasteiger partial charge in [-0.2, -0.15) is 0 Å². The van der Waals surface area contributed by atoms with E-state index in [4.69, 9.17) is 5.11 Å². The predicted molar refractivity (Wildman–Crippen MR) is 84.0 cm³/mol. The molecule has 7 heteroatoms. The number of carbonyl (C=O) groups is 2. The molecule has 0 fully saturated rings. The fourth-order valence-electron chi connectivity index (χ4n) is 2.37. The van der Waals surface area contributed by atoms with Crippen molar-refractivity contribution < 1.29 is 14.7 Å². The topological polar surface area (TPSA) is 88.3 Å². The van der Waals surface area contributed by atoms with Crippen LogP contribution in [0.3, 0.4) is 0 Å². The zero-order valence-corrected chi connectivity index (χ0v) is 13.2. The Morgan fingerprint density at radius 1 is 1.30 bits per heavy atom. The van der Waals surface area contributed by atoms with Gasteiger partial charge in [0, 0.05) is 13.1 Å². The lowest BCUT2D eigenvalue weighted by molar-refractivity contribution is -0.132. The maximum absolute atomic E-state index is 12.4. The highest BCUT2D eigenvalue weighted by Crippen LogP contribution is 2.11. The Bertz CT molecular complexity index is 669. The highest BCUT2D eigenvalue weighted by molar-refractivity contribution is 5.84. The number of likely N-dealkylation sites (N-methyl/N-ethyl adjacent to an activating group) is 1. The van der Waals surface area contributed by atoms with Gasteiger partial charge in [-0.05, 0) is 18.4 Å². The molecule has 0 bridgehead atoms. The maximum atomic E-state index is 12.4. The third-order valence-corrected chi connectivity index (χ3v) is 3.78. The predicted octanol–water partition coefficient (Wildman–Crippen LogP) is 1.46. The minimum Gasteiger partial charge on any atom is -0.476 e. The maximum Gasteiger partial charge on any atom is 0.358 e. The molecule has 1 unspecified atom stereocenters. The first-order valence-electron chi connectivity index (χ1n) is 7.44. The molecule has 0 aliphatic rings. The quantitative estimate of drug-likeness (QED) is 0.835. The Morgan fingerprint density at radius 3 is 2.57 bits per heavy atom. The third kappa shape index (κ3) is 4.38. The van der Waals surface area contributed by atoms with Gasteiger partial charge in [-0.1, -0.05) is 42.5 Å². The lowest BCUT2D eigenvalue weighted by Crippen LogP contribution is -2.40. The van der Waals surface area contributed by atoms with E-state index in [0.29, 0.717) is 0 Å². The fourth-order valence-corrected chi connectivity index (χ4v) is 2.37. The van der Waals surface area contributed by atoms with Crippen LogP contribution in [0.15, 0.2) is 36.5 Å². The minimum atomic E-state index is -1.16. The number of aromatic nitrogens is 3. The highest BCUT2D eigenvalue weighted by atomic mass is 16.4. The summed E-state index contributed by atoms with van der Waals surface area (Å²) < 4.78 is 1.25. The molecule has 1 N–H and O–H groups in total. The van der Waals surface area contributed by atoms with Crippen LogP contribution >= 0.6 is 0 Å². The van der Waals surface area contributed by atoms with Crippen LogP contribution in [-0.4, -0.2) is 50.0 Å². The minimum absolute atomic E-state index is 0.0257. The molecule has 0 aliphatic carbocycles. The number of hydrogen-bond acceptors (Lipinski definition) is 4. The average molecular weight is 316 g/mol. The number of hydrogen-bond donors (Lipinski definition) is 1. The molecule has 2 rings (SSSR count). The van der Waals surface area contributed by atoms with Gasteiger partial charge in [-0.25, -0.2) is 9.48 Å². The molecular formula is C16H20N4O3. The van der Waals surface area contributed by atoms with E-state index in [-0.39, 0.29) is 24.2 Å². The van der Waals surface area contributed by atoms with Crippen molar-refractivity contribution in [3.05, 3.63) is 47.8 Å². The summed E-state index contributed by atoms with van der Waals surface area (Å²) in [5, 5.41) is 16.0. The van der Waals surface area contributed by atoms with Crippen LogP contribution in [0.2, 0.25) is 0 Å². The van der Waals surface area contributed by atoms with Gasteiger partial charge in [0.25, 0.3) is 0 Å². The lowest BCUT2D eigenvalue weighted by Gasteiger charge is -2.27. The van der Waals surface area contributed by atoms with Crippen LogP contribution in [0.25, 0.3) is 0 Å². The summed E-state index contributed by atoms with van der Waals surface area (Å²) in [6, 6.07) is 10.1. The van der Waals surface area contributed by atoms with Crippen molar-refractivity contribution in [2.45, 2.75) is 32.4 Å². The van der Waals surface area contributed by atoms with E-state index < -0.39 is 5.97 Å². The van der Waals surface area contributed by atoms with Gasteiger partial charge in [0.15, 0.2) is 5.69 Å². The SMILES string of the molecule is CCC(Cc1ccccc1)N(C)C(=O)Cn1cc(C(=O)O)nn1. The molecule has 0 radical (unpaired) electrons. The smallest absolute Gasteiger partial charge is 0.358 e. The summed E-state index contributed by atoms with van der Waals surface area (Å²) in [4.78, 5) is 24.8. The van der Waals surface area contributed by atoms with Crippen LogP contribution in [0, 0.1) is 0 Å². The second-order valence-corrected chi connectivity index (χ2v) is 5.36. The van der Waals surface area contributed by atoms with Crippen molar-refractivity contribution >= 4 is 11.9 Å². The van der Waals surface area contributed by atoms with Crippen molar-refractivity contribution in [3.8, 4) is 0 Å². The molecule has 7 nitrogen and oxygen atoms in total. The van der Waals surface area contributed by atoms with E-state index in [0.717, 1.165) is 12.8 Å². The van der Waals surface area contributed by atoms with Crippen LogP contribution in [0.1, 0.15) is 29.4 Å². The molecule has 0 aliphatic heterocycles. The number of aromatic carboxylic acids is 1. The number of carboxylic acid groups (broad SMARTS) is 1. The highest BCUT2D eigenvalue weighted by Gasteiger charge is 2.20. The third-order valence-electron chi connectivity index (χ3n) is 3.78. The summed E-state index contributed by atoms with van der Waals surface area (Å²) in [5.41, 5.74) is 1.00. The van der Waals surface area contributed by atoms with Crippen LogP contribution in [-0.2, 0) is 17.8 Å². The van der Waals surface area contributed by atoms with E-state index >= 15 is 0 Å². The van der Waals surface area contributed by atoms with Crippen LogP contribution in [0.4, 0.5) is 0 Å². The standard InChI is InChI=1S/C16H20N4O3/c1-3-13(9-12-7-5-4-6-8-12)19(2)15(21)11-20-10-14(16(22)23)17-18-20/h4-8,10,13H,3,9,11H2,1-2H3,(H,22,23). The van der Waals surface area contributed by atoms with Gasteiger partial charge in [-0.15, -0.1) is 5.10 Å². The van der Waals surface area contributed by atoms with Crippen molar-refractivity contribution in [3.63, 3.8) is 0 Å². The number of benzene rings is 1. The van der Waals surface area contributed by atoms with Crippen molar-refractivity contribution in [2.75, 3.05) is 7.05 Å². The molecule has 1 aromatic carbocycles. The lowest BCUT2D eigenvalue weighted by atomic mass is 10.0. The number of carboxylic acids is 1. The second-order valence-electron chi connectivity index (χ2n) is 5.36. The van der Waals surface area contributed by atoms with E-state index in [1.165, 1.54) is 16.4 Å². The van der Waals surface area contributed by atoms with E-state index in [9.17, 15) is 9.59 Å². The molecule has 1 amide bonds. The van der Waals surface area contributed by atoms with Gasteiger partial charge in [0.2, 0.25) is 5.91 Å². The molecule has 1 aromatic heterocycles.